The van der Waals surface area contributed by atoms with E-state index in [9.17, 15) is 4.79 Å². The Bertz CT molecular complexity index is 1140. The van der Waals surface area contributed by atoms with Crippen molar-refractivity contribution in [1.29, 1.82) is 0 Å². The zero-order valence-corrected chi connectivity index (χ0v) is 18.8. The summed E-state index contributed by atoms with van der Waals surface area (Å²) in [6.45, 7) is 5.74. The number of hydrogen-bond donors (Lipinski definition) is 0. The Morgan fingerprint density at radius 2 is 1.91 bits per heavy atom. The first-order valence-electron chi connectivity index (χ1n) is 11.0. The summed E-state index contributed by atoms with van der Waals surface area (Å²) in [6.07, 6.45) is 7.99. The minimum atomic E-state index is -0.144. The van der Waals surface area contributed by atoms with E-state index in [4.69, 9.17) is 20.9 Å². The van der Waals surface area contributed by atoms with Gasteiger partial charge in [0.05, 0.1) is 18.4 Å². The number of pyridine rings is 1. The molecule has 168 valence electrons. The van der Waals surface area contributed by atoms with E-state index in [2.05, 4.69) is 20.1 Å². The Hall–Kier alpha value is -2.71. The number of rotatable bonds is 4. The minimum Gasteiger partial charge on any atom is -0.381 e. The Morgan fingerprint density at radius 1 is 1.12 bits per heavy atom. The largest absolute Gasteiger partial charge is 0.381 e. The number of ether oxygens (including phenoxy) is 1. The number of piperidine rings is 1. The second kappa shape index (κ2) is 8.67. The van der Waals surface area contributed by atoms with E-state index in [1.807, 2.05) is 13.0 Å². The predicted molar refractivity (Wildman–Crippen MR) is 121 cm³/mol. The monoisotopic (exact) mass is 455 g/mol. The van der Waals surface area contributed by atoms with Gasteiger partial charge in [0.2, 0.25) is 0 Å². The molecule has 5 heterocycles. The van der Waals surface area contributed by atoms with Crippen molar-refractivity contribution in [2.45, 2.75) is 39.2 Å². The number of aromatic nitrogens is 4. The summed E-state index contributed by atoms with van der Waals surface area (Å²) in [5.41, 5.74) is 3.38. The summed E-state index contributed by atoms with van der Waals surface area (Å²) < 4.78 is 12.4. The molecule has 0 bridgehead atoms. The summed E-state index contributed by atoms with van der Waals surface area (Å²) >= 11 is 5.90. The molecule has 1 spiro atoms. The van der Waals surface area contributed by atoms with Crippen molar-refractivity contribution in [3.05, 3.63) is 57.4 Å². The SMILES string of the molecule is Cc1onc(-c2ccc(Cl)nc2)c1Cn1ncc(N2CCC3(CCOCC3)CC2)cc1=O. The van der Waals surface area contributed by atoms with Crippen LogP contribution in [-0.4, -0.2) is 46.2 Å². The van der Waals surface area contributed by atoms with Gasteiger partial charge in [-0.15, -0.1) is 0 Å². The first kappa shape index (κ1) is 21.2. The number of nitrogens with zero attached hydrogens (tertiary/aromatic N) is 5. The van der Waals surface area contributed by atoms with Crippen LogP contribution in [-0.2, 0) is 11.3 Å². The van der Waals surface area contributed by atoms with Crippen LogP contribution in [0.3, 0.4) is 0 Å². The average molecular weight is 456 g/mol. The lowest BCUT2D eigenvalue weighted by Crippen LogP contribution is -2.43. The van der Waals surface area contributed by atoms with Gasteiger partial charge in [-0.05, 0) is 50.2 Å². The Morgan fingerprint density at radius 3 is 2.59 bits per heavy atom. The third-order valence-electron chi connectivity index (χ3n) is 6.89. The van der Waals surface area contributed by atoms with Crippen LogP contribution in [0.4, 0.5) is 5.69 Å². The van der Waals surface area contributed by atoms with Crippen LogP contribution in [0.25, 0.3) is 11.3 Å². The fraction of sp³-hybridized carbons (Fsp3) is 0.478. The molecular weight excluding hydrogens is 430 g/mol. The van der Waals surface area contributed by atoms with Crippen LogP contribution in [0.15, 0.2) is 39.9 Å². The molecular formula is C23H26ClN5O3. The van der Waals surface area contributed by atoms with Gasteiger partial charge in [-0.2, -0.15) is 5.10 Å². The topological polar surface area (TPSA) is 86.3 Å². The number of halogens is 1. The van der Waals surface area contributed by atoms with Crippen LogP contribution in [0.1, 0.15) is 37.0 Å². The highest BCUT2D eigenvalue weighted by Crippen LogP contribution is 2.41. The molecule has 3 aromatic heterocycles. The molecule has 8 nitrogen and oxygen atoms in total. The van der Waals surface area contributed by atoms with E-state index in [0.29, 0.717) is 22.0 Å². The molecule has 2 saturated heterocycles. The molecule has 3 aromatic rings. The maximum absolute atomic E-state index is 12.9. The molecule has 0 amide bonds. The number of anilines is 1. The third kappa shape index (κ3) is 4.17. The van der Waals surface area contributed by atoms with Crippen LogP contribution in [0.5, 0.6) is 0 Å². The number of hydrogen-bond acceptors (Lipinski definition) is 7. The van der Waals surface area contributed by atoms with Crippen LogP contribution < -0.4 is 10.5 Å². The highest BCUT2D eigenvalue weighted by Gasteiger charge is 2.36. The lowest BCUT2D eigenvalue weighted by molar-refractivity contribution is 0.00211. The second-order valence-electron chi connectivity index (χ2n) is 8.74. The van der Waals surface area contributed by atoms with Crippen molar-refractivity contribution < 1.29 is 9.26 Å². The zero-order chi connectivity index (χ0) is 22.1. The molecule has 0 radical (unpaired) electrons. The number of aryl methyl sites for hydroxylation is 1. The van der Waals surface area contributed by atoms with Gasteiger partial charge in [0.25, 0.3) is 5.56 Å². The molecule has 0 saturated carbocycles. The fourth-order valence-electron chi connectivity index (χ4n) is 4.73. The molecule has 0 aliphatic carbocycles. The van der Waals surface area contributed by atoms with Crippen LogP contribution in [0.2, 0.25) is 5.15 Å². The summed E-state index contributed by atoms with van der Waals surface area (Å²) in [7, 11) is 0. The fourth-order valence-corrected chi connectivity index (χ4v) is 4.84. The highest BCUT2D eigenvalue weighted by atomic mass is 35.5. The lowest BCUT2D eigenvalue weighted by Gasteiger charge is -2.44. The predicted octanol–water partition coefficient (Wildman–Crippen LogP) is 3.70. The van der Waals surface area contributed by atoms with Gasteiger partial charge in [-0.3, -0.25) is 4.79 Å². The maximum atomic E-state index is 12.9. The van der Waals surface area contributed by atoms with E-state index in [1.165, 1.54) is 4.68 Å². The van der Waals surface area contributed by atoms with Gasteiger partial charge < -0.3 is 14.2 Å². The summed E-state index contributed by atoms with van der Waals surface area (Å²) in [5.74, 6) is 0.644. The standard InChI is InChI=1S/C23H26ClN5O3/c1-16-19(22(27-32-16)17-2-3-20(24)25-13-17)15-29-21(30)12-18(14-26-29)28-8-4-23(5-9-28)6-10-31-11-7-23/h2-3,12-14H,4-11,15H2,1H3. The van der Waals surface area contributed by atoms with Crippen molar-refractivity contribution in [3.63, 3.8) is 0 Å². The van der Waals surface area contributed by atoms with E-state index in [0.717, 1.165) is 68.8 Å². The Kier molecular flexibility index (Phi) is 5.73. The summed E-state index contributed by atoms with van der Waals surface area (Å²) in [4.78, 5) is 19.3. The Balaban J connectivity index is 1.32. The van der Waals surface area contributed by atoms with Crippen molar-refractivity contribution >= 4 is 17.3 Å². The molecule has 0 N–H and O–H groups in total. The quantitative estimate of drug-likeness (QED) is 0.554. The van der Waals surface area contributed by atoms with Crippen molar-refractivity contribution in [2.75, 3.05) is 31.2 Å². The van der Waals surface area contributed by atoms with Gasteiger partial charge >= 0.3 is 0 Å². The van der Waals surface area contributed by atoms with Gasteiger partial charge in [-0.25, -0.2) is 9.67 Å². The zero-order valence-electron chi connectivity index (χ0n) is 18.1. The molecule has 9 heteroatoms. The van der Waals surface area contributed by atoms with Crippen molar-refractivity contribution in [3.8, 4) is 11.3 Å². The van der Waals surface area contributed by atoms with Gasteiger partial charge in [0, 0.05) is 49.7 Å². The smallest absolute Gasteiger partial charge is 0.269 e. The van der Waals surface area contributed by atoms with Gasteiger partial charge in [0.15, 0.2) is 0 Å². The normalized spacial score (nSPS) is 18.2. The second-order valence-corrected chi connectivity index (χ2v) is 9.13. The first-order chi connectivity index (χ1) is 15.5. The van der Waals surface area contributed by atoms with Gasteiger partial charge in [-0.1, -0.05) is 16.8 Å². The van der Waals surface area contributed by atoms with E-state index in [1.54, 1.807) is 24.5 Å². The highest BCUT2D eigenvalue weighted by molar-refractivity contribution is 6.29. The molecule has 0 unspecified atom stereocenters. The Labute approximate surface area is 191 Å². The molecule has 5 rings (SSSR count). The first-order valence-corrected chi connectivity index (χ1v) is 11.4. The summed E-state index contributed by atoms with van der Waals surface area (Å²) in [5, 5.41) is 9.02. The lowest BCUT2D eigenvalue weighted by atomic mass is 9.72. The van der Waals surface area contributed by atoms with E-state index >= 15 is 0 Å². The average Bonchev–Trinajstić information content (AvgIpc) is 3.17. The van der Waals surface area contributed by atoms with E-state index < -0.39 is 0 Å². The van der Waals surface area contributed by atoms with Crippen LogP contribution in [0, 0.1) is 12.3 Å². The maximum Gasteiger partial charge on any atom is 0.269 e. The molecule has 2 fully saturated rings. The van der Waals surface area contributed by atoms with Gasteiger partial charge in [0.1, 0.15) is 16.6 Å². The van der Waals surface area contributed by atoms with Crippen LogP contribution >= 0.6 is 11.6 Å². The molecule has 0 aromatic carbocycles. The third-order valence-corrected chi connectivity index (χ3v) is 7.11. The molecule has 0 atom stereocenters. The minimum absolute atomic E-state index is 0.144. The van der Waals surface area contributed by atoms with Crippen molar-refractivity contribution in [2.24, 2.45) is 5.41 Å². The molecule has 32 heavy (non-hydrogen) atoms. The summed E-state index contributed by atoms with van der Waals surface area (Å²) in [6, 6.07) is 5.21. The van der Waals surface area contributed by atoms with E-state index in [-0.39, 0.29) is 12.1 Å². The van der Waals surface area contributed by atoms with Crippen molar-refractivity contribution in [1.82, 2.24) is 19.9 Å². The molecule has 2 aliphatic rings. The molecule has 2 aliphatic heterocycles.